The predicted octanol–water partition coefficient (Wildman–Crippen LogP) is 2.63. The molecule has 4 heteroatoms. The van der Waals surface area contributed by atoms with E-state index < -0.39 is 11.4 Å². The van der Waals surface area contributed by atoms with Crippen LogP contribution in [0.15, 0.2) is 30.3 Å². The van der Waals surface area contributed by atoms with E-state index in [0.717, 1.165) is 5.56 Å². The molecule has 1 aromatic rings. The van der Waals surface area contributed by atoms with Crippen LogP contribution in [0.1, 0.15) is 38.7 Å². The summed E-state index contributed by atoms with van der Waals surface area (Å²) < 4.78 is 0. The van der Waals surface area contributed by atoms with Crippen molar-refractivity contribution >= 4 is 11.9 Å². The molecular formula is C16H23NO3. The summed E-state index contributed by atoms with van der Waals surface area (Å²) in [5.41, 5.74) is 0.265. The number of carbonyl (C=O) groups excluding carboxylic acids is 1. The number of nitrogens with one attached hydrogen (secondary N) is 1. The summed E-state index contributed by atoms with van der Waals surface area (Å²) in [4.78, 5) is 23.1. The van der Waals surface area contributed by atoms with Crippen LogP contribution in [0.3, 0.4) is 0 Å². The Bertz CT molecular complexity index is 438. The van der Waals surface area contributed by atoms with Gasteiger partial charge in [0.15, 0.2) is 0 Å². The van der Waals surface area contributed by atoms with E-state index in [0.29, 0.717) is 25.7 Å². The van der Waals surface area contributed by atoms with Crippen LogP contribution >= 0.6 is 0 Å². The van der Waals surface area contributed by atoms with Gasteiger partial charge in [-0.3, -0.25) is 9.59 Å². The van der Waals surface area contributed by atoms with Gasteiger partial charge in [-0.15, -0.1) is 0 Å². The molecule has 1 aromatic carbocycles. The fraction of sp³-hybridized carbons (Fsp3) is 0.500. The Morgan fingerprint density at radius 3 is 2.25 bits per heavy atom. The van der Waals surface area contributed by atoms with Crippen molar-refractivity contribution < 1.29 is 14.7 Å². The van der Waals surface area contributed by atoms with E-state index in [-0.39, 0.29) is 12.5 Å². The predicted molar refractivity (Wildman–Crippen MR) is 78.4 cm³/mol. The quantitative estimate of drug-likeness (QED) is 0.767. The third-order valence-corrected chi connectivity index (χ3v) is 3.91. The zero-order valence-electron chi connectivity index (χ0n) is 12.2. The lowest BCUT2D eigenvalue weighted by molar-refractivity contribution is -0.149. The summed E-state index contributed by atoms with van der Waals surface area (Å²) in [6.45, 7) is 3.88. The van der Waals surface area contributed by atoms with E-state index >= 15 is 0 Å². The lowest BCUT2D eigenvalue weighted by Gasteiger charge is -2.26. The van der Waals surface area contributed by atoms with Gasteiger partial charge in [0.05, 0.1) is 5.41 Å². The molecule has 0 unspecified atom stereocenters. The third kappa shape index (κ3) is 4.37. The van der Waals surface area contributed by atoms with Crippen molar-refractivity contribution in [3.63, 3.8) is 0 Å². The number of benzene rings is 1. The highest BCUT2D eigenvalue weighted by Crippen LogP contribution is 2.25. The zero-order valence-corrected chi connectivity index (χ0v) is 12.2. The van der Waals surface area contributed by atoms with E-state index in [1.807, 2.05) is 44.2 Å². The number of hydrogen-bond donors (Lipinski definition) is 2. The SMILES string of the molecule is CCC(CC)(CNC(=O)CCc1ccccc1)C(=O)O. The molecule has 0 aliphatic heterocycles. The van der Waals surface area contributed by atoms with Crippen molar-refractivity contribution in [3.8, 4) is 0 Å². The van der Waals surface area contributed by atoms with Crippen LogP contribution in [-0.4, -0.2) is 23.5 Å². The van der Waals surface area contributed by atoms with Crippen molar-refractivity contribution in [2.75, 3.05) is 6.54 Å². The Morgan fingerprint density at radius 1 is 1.15 bits per heavy atom. The average molecular weight is 277 g/mol. The number of aryl methyl sites for hydroxylation is 1. The van der Waals surface area contributed by atoms with Gasteiger partial charge in [-0.1, -0.05) is 44.2 Å². The summed E-state index contributed by atoms with van der Waals surface area (Å²) in [5, 5.41) is 12.1. The summed E-state index contributed by atoms with van der Waals surface area (Å²) in [6, 6.07) is 9.78. The van der Waals surface area contributed by atoms with Crippen LogP contribution in [0.4, 0.5) is 0 Å². The number of carboxylic acid groups (broad SMARTS) is 1. The topological polar surface area (TPSA) is 66.4 Å². The van der Waals surface area contributed by atoms with Gasteiger partial charge in [-0.25, -0.2) is 0 Å². The van der Waals surface area contributed by atoms with Crippen LogP contribution in [0, 0.1) is 5.41 Å². The molecule has 110 valence electrons. The molecule has 1 amide bonds. The van der Waals surface area contributed by atoms with Crippen LogP contribution < -0.4 is 5.32 Å². The van der Waals surface area contributed by atoms with Gasteiger partial charge in [0.25, 0.3) is 0 Å². The largest absolute Gasteiger partial charge is 0.481 e. The molecule has 0 spiro atoms. The third-order valence-electron chi connectivity index (χ3n) is 3.91. The number of amides is 1. The molecule has 0 saturated carbocycles. The summed E-state index contributed by atoms with van der Waals surface area (Å²) in [7, 11) is 0. The second-order valence-electron chi connectivity index (χ2n) is 5.05. The van der Waals surface area contributed by atoms with Crippen LogP contribution in [0.5, 0.6) is 0 Å². The van der Waals surface area contributed by atoms with Gasteiger partial charge in [-0.05, 0) is 24.8 Å². The second kappa shape index (κ2) is 7.68. The van der Waals surface area contributed by atoms with Crippen molar-refractivity contribution in [1.82, 2.24) is 5.32 Å². The van der Waals surface area contributed by atoms with Crippen LogP contribution in [0.25, 0.3) is 0 Å². The van der Waals surface area contributed by atoms with Gasteiger partial charge >= 0.3 is 5.97 Å². The molecule has 0 aliphatic rings. The maximum Gasteiger partial charge on any atom is 0.311 e. The molecule has 0 heterocycles. The van der Waals surface area contributed by atoms with E-state index in [2.05, 4.69) is 5.32 Å². The number of carboxylic acids is 1. The summed E-state index contributed by atoms with van der Waals surface area (Å²) >= 11 is 0. The van der Waals surface area contributed by atoms with E-state index in [1.165, 1.54) is 0 Å². The Labute approximate surface area is 120 Å². The molecule has 0 aromatic heterocycles. The van der Waals surface area contributed by atoms with E-state index in [1.54, 1.807) is 0 Å². The first-order chi connectivity index (χ1) is 9.54. The highest BCUT2D eigenvalue weighted by Gasteiger charge is 2.34. The normalized spacial score (nSPS) is 11.1. The minimum atomic E-state index is -0.845. The highest BCUT2D eigenvalue weighted by molar-refractivity contribution is 5.79. The van der Waals surface area contributed by atoms with Crippen molar-refractivity contribution in [2.45, 2.75) is 39.5 Å². The highest BCUT2D eigenvalue weighted by atomic mass is 16.4. The van der Waals surface area contributed by atoms with E-state index in [4.69, 9.17) is 0 Å². The monoisotopic (exact) mass is 277 g/mol. The Kier molecular flexibility index (Phi) is 6.22. The number of hydrogen-bond acceptors (Lipinski definition) is 2. The maximum absolute atomic E-state index is 11.8. The molecule has 0 bridgehead atoms. The Morgan fingerprint density at radius 2 is 1.75 bits per heavy atom. The maximum atomic E-state index is 11.8. The van der Waals surface area contributed by atoms with Gasteiger partial charge in [-0.2, -0.15) is 0 Å². The van der Waals surface area contributed by atoms with E-state index in [9.17, 15) is 14.7 Å². The molecule has 0 atom stereocenters. The molecule has 1 rings (SSSR count). The molecule has 0 radical (unpaired) electrons. The Balaban J connectivity index is 2.44. The lowest BCUT2D eigenvalue weighted by Crippen LogP contribution is -2.42. The average Bonchev–Trinajstić information content (AvgIpc) is 2.47. The van der Waals surface area contributed by atoms with Crippen molar-refractivity contribution in [1.29, 1.82) is 0 Å². The number of rotatable bonds is 8. The fourth-order valence-electron chi connectivity index (χ4n) is 2.14. The van der Waals surface area contributed by atoms with Gasteiger partial charge in [0.2, 0.25) is 5.91 Å². The summed E-state index contributed by atoms with van der Waals surface area (Å²) in [5.74, 6) is -0.938. The fourth-order valence-corrected chi connectivity index (χ4v) is 2.14. The molecule has 20 heavy (non-hydrogen) atoms. The number of aliphatic carboxylic acids is 1. The van der Waals surface area contributed by atoms with Crippen molar-refractivity contribution in [3.05, 3.63) is 35.9 Å². The lowest BCUT2D eigenvalue weighted by atomic mass is 9.82. The second-order valence-corrected chi connectivity index (χ2v) is 5.05. The first-order valence-corrected chi connectivity index (χ1v) is 7.08. The minimum absolute atomic E-state index is 0.0959. The van der Waals surface area contributed by atoms with Crippen molar-refractivity contribution in [2.24, 2.45) is 5.41 Å². The molecule has 0 aliphatic carbocycles. The van der Waals surface area contributed by atoms with Gasteiger partial charge in [0, 0.05) is 13.0 Å². The number of carbonyl (C=O) groups is 2. The molecule has 4 nitrogen and oxygen atoms in total. The van der Waals surface area contributed by atoms with Crippen LogP contribution in [0.2, 0.25) is 0 Å². The summed E-state index contributed by atoms with van der Waals surface area (Å²) in [6.07, 6.45) is 2.08. The Hall–Kier alpha value is -1.84. The zero-order chi connectivity index (χ0) is 15.0. The standard InChI is InChI=1S/C16H23NO3/c1-3-16(4-2,15(19)20)12-17-14(18)11-10-13-8-6-5-7-9-13/h5-9H,3-4,10-12H2,1-2H3,(H,17,18)(H,19,20). The minimum Gasteiger partial charge on any atom is -0.481 e. The smallest absolute Gasteiger partial charge is 0.311 e. The van der Waals surface area contributed by atoms with Gasteiger partial charge in [0.1, 0.15) is 0 Å². The van der Waals surface area contributed by atoms with Crippen LogP contribution in [-0.2, 0) is 16.0 Å². The first kappa shape index (κ1) is 16.2. The molecule has 0 fully saturated rings. The van der Waals surface area contributed by atoms with Gasteiger partial charge < -0.3 is 10.4 Å². The first-order valence-electron chi connectivity index (χ1n) is 7.08. The molecule has 2 N–H and O–H groups in total. The molecule has 0 saturated heterocycles. The molecular weight excluding hydrogens is 254 g/mol.